The van der Waals surface area contributed by atoms with Crippen LogP contribution in [0.2, 0.25) is 0 Å². The molecule has 0 spiro atoms. The van der Waals surface area contributed by atoms with Crippen molar-refractivity contribution in [2.24, 2.45) is 0 Å². The second-order valence-corrected chi connectivity index (χ2v) is 4.59. The predicted octanol–water partition coefficient (Wildman–Crippen LogP) is 2.07. The van der Waals surface area contributed by atoms with Crippen LogP contribution in [-0.2, 0) is 11.2 Å². The highest BCUT2D eigenvalue weighted by molar-refractivity contribution is 5.91. The smallest absolute Gasteiger partial charge is 0.338 e. The number of carbonyl (C=O) groups excluding carboxylic acids is 2. The molecule has 4 N–H and O–H groups in total. The first-order valence-electron chi connectivity index (χ1n) is 6.53. The van der Waals surface area contributed by atoms with E-state index in [2.05, 4.69) is 10.7 Å². The minimum atomic E-state index is -0.935. The first-order valence-corrected chi connectivity index (χ1v) is 6.53. The van der Waals surface area contributed by atoms with Crippen molar-refractivity contribution in [2.75, 3.05) is 5.32 Å². The molecule has 0 fully saturated rings. The van der Waals surface area contributed by atoms with Crippen LogP contribution in [0.1, 0.15) is 5.56 Å². The number of phenols is 1. The third-order valence-electron chi connectivity index (χ3n) is 2.80. The first-order chi connectivity index (χ1) is 10.9. The molecule has 120 valence electrons. The Morgan fingerprint density at radius 3 is 2.35 bits per heavy atom. The van der Waals surface area contributed by atoms with Gasteiger partial charge in [0.15, 0.2) is 0 Å². The maximum absolute atomic E-state index is 13.3. The van der Waals surface area contributed by atoms with E-state index in [1.807, 2.05) is 5.43 Å². The van der Waals surface area contributed by atoms with E-state index >= 15 is 0 Å². The van der Waals surface area contributed by atoms with Gasteiger partial charge in [-0.3, -0.25) is 10.2 Å². The molecule has 0 atom stereocenters. The van der Waals surface area contributed by atoms with Gasteiger partial charge in [0, 0.05) is 6.07 Å². The molecule has 0 unspecified atom stereocenters. The molecular weight excluding hydrogens is 308 g/mol. The maximum atomic E-state index is 13.3. The molecule has 0 bridgehead atoms. The Kier molecular flexibility index (Phi) is 5.08. The number of benzene rings is 2. The first kappa shape index (κ1) is 16.2. The van der Waals surface area contributed by atoms with Crippen molar-refractivity contribution in [3.8, 4) is 5.75 Å². The van der Waals surface area contributed by atoms with Crippen LogP contribution in [0.3, 0.4) is 0 Å². The summed E-state index contributed by atoms with van der Waals surface area (Å²) < 4.78 is 26.1. The summed E-state index contributed by atoms with van der Waals surface area (Å²) in [5, 5.41) is 11.3. The maximum Gasteiger partial charge on any atom is 0.338 e. The van der Waals surface area contributed by atoms with Crippen LogP contribution >= 0.6 is 0 Å². The van der Waals surface area contributed by atoms with E-state index in [0.29, 0.717) is 11.6 Å². The van der Waals surface area contributed by atoms with Gasteiger partial charge >= 0.3 is 6.03 Å². The van der Waals surface area contributed by atoms with Crippen molar-refractivity contribution < 1.29 is 23.5 Å². The number of hydrogen-bond acceptors (Lipinski definition) is 3. The van der Waals surface area contributed by atoms with E-state index in [1.165, 1.54) is 12.1 Å². The fourth-order valence-electron chi connectivity index (χ4n) is 1.71. The van der Waals surface area contributed by atoms with Gasteiger partial charge in [0.25, 0.3) is 0 Å². The molecule has 0 aliphatic carbocycles. The lowest BCUT2D eigenvalue weighted by Crippen LogP contribution is -2.44. The van der Waals surface area contributed by atoms with Crippen LogP contribution in [0, 0.1) is 11.6 Å². The molecule has 0 aliphatic heterocycles. The van der Waals surface area contributed by atoms with Gasteiger partial charge in [-0.2, -0.15) is 0 Å². The Labute approximate surface area is 130 Å². The summed E-state index contributed by atoms with van der Waals surface area (Å²) in [6.07, 6.45) is -0.0224. The summed E-state index contributed by atoms with van der Waals surface area (Å²) in [5.74, 6) is -2.13. The molecule has 0 aromatic heterocycles. The van der Waals surface area contributed by atoms with Gasteiger partial charge in [-0.25, -0.2) is 19.0 Å². The molecule has 0 radical (unpaired) electrons. The summed E-state index contributed by atoms with van der Waals surface area (Å²) in [6.45, 7) is 0. The van der Waals surface area contributed by atoms with Crippen LogP contribution < -0.4 is 16.2 Å². The average molecular weight is 321 g/mol. The number of halogens is 2. The van der Waals surface area contributed by atoms with E-state index in [0.717, 1.165) is 12.1 Å². The van der Waals surface area contributed by atoms with Crippen molar-refractivity contribution in [1.29, 1.82) is 0 Å². The Bertz CT molecular complexity index is 720. The van der Waals surface area contributed by atoms with E-state index < -0.39 is 23.6 Å². The fourth-order valence-corrected chi connectivity index (χ4v) is 1.71. The number of urea groups is 1. The second kappa shape index (κ2) is 7.21. The summed E-state index contributed by atoms with van der Waals surface area (Å²) in [6, 6.07) is 7.77. The largest absolute Gasteiger partial charge is 0.508 e. The van der Waals surface area contributed by atoms with Crippen LogP contribution in [0.25, 0.3) is 0 Å². The number of rotatable bonds is 3. The normalized spacial score (nSPS) is 10.0. The molecule has 23 heavy (non-hydrogen) atoms. The lowest BCUT2D eigenvalue weighted by Gasteiger charge is -2.09. The predicted molar refractivity (Wildman–Crippen MR) is 78.5 cm³/mol. The molecule has 6 nitrogen and oxygen atoms in total. The van der Waals surface area contributed by atoms with Crippen LogP contribution in [0.5, 0.6) is 5.75 Å². The Morgan fingerprint density at radius 2 is 1.70 bits per heavy atom. The number of amides is 3. The number of nitrogens with one attached hydrogen (secondary N) is 3. The molecule has 2 rings (SSSR count). The molecule has 0 saturated heterocycles. The number of hydrazine groups is 1. The zero-order chi connectivity index (χ0) is 16.8. The molecule has 0 aliphatic rings. The van der Waals surface area contributed by atoms with Crippen molar-refractivity contribution >= 4 is 17.6 Å². The Balaban J connectivity index is 1.81. The number of hydrogen-bond donors (Lipinski definition) is 4. The molecule has 3 amide bonds. The highest BCUT2D eigenvalue weighted by Gasteiger charge is 2.09. The quantitative estimate of drug-likeness (QED) is 0.652. The Hall–Kier alpha value is -3.16. The molecule has 0 heterocycles. The number of phenolic OH excluding ortho intramolecular Hbond substituents is 1. The van der Waals surface area contributed by atoms with Gasteiger partial charge in [0.05, 0.1) is 12.1 Å². The van der Waals surface area contributed by atoms with Crippen molar-refractivity contribution in [2.45, 2.75) is 6.42 Å². The standard InChI is InChI=1S/C15H13F2N3O3/c16-10-3-6-13(12(17)8-10)18-15(23)20-19-14(22)7-9-1-4-11(21)5-2-9/h1-6,8,21H,7H2,(H,19,22)(H2,18,20,23). The zero-order valence-corrected chi connectivity index (χ0v) is 11.8. The zero-order valence-electron chi connectivity index (χ0n) is 11.8. The molecular formula is C15H13F2N3O3. The highest BCUT2D eigenvalue weighted by atomic mass is 19.1. The second-order valence-electron chi connectivity index (χ2n) is 4.59. The van der Waals surface area contributed by atoms with E-state index in [1.54, 1.807) is 12.1 Å². The molecule has 2 aromatic rings. The molecule has 8 heteroatoms. The molecule has 2 aromatic carbocycles. The lowest BCUT2D eigenvalue weighted by atomic mass is 10.1. The van der Waals surface area contributed by atoms with Gasteiger partial charge in [-0.15, -0.1) is 0 Å². The summed E-state index contributed by atoms with van der Waals surface area (Å²) >= 11 is 0. The molecule has 0 saturated carbocycles. The van der Waals surface area contributed by atoms with Crippen molar-refractivity contribution in [3.63, 3.8) is 0 Å². The summed E-state index contributed by atoms with van der Waals surface area (Å²) in [5.41, 5.74) is 4.59. The number of carbonyl (C=O) groups is 2. The highest BCUT2D eigenvalue weighted by Crippen LogP contribution is 2.14. The fraction of sp³-hybridized carbons (Fsp3) is 0.0667. The van der Waals surface area contributed by atoms with Crippen LogP contribution in [0.4, 0.5) is 19.3 Å². The average Bonchev–Trinajstić information content (AvgIpc) is 2.50. The monoisotopic (exact) mass is 321 g/mol. The van der Waals surface area contributed by atoms with Crippen molar-refractivity contribution in [3.05, 3.63) is 59.7 Å². The topological polar surface area (TPSA) is 90.5 Å². The van der Waals surface area contributed by atoms with E-state index in [-0.39, 0.29) is 17.9 Å². The van der Waals surface area contributed by atoms with E-state index in [4.69, 9.17) is 5.11 Å². The Morgan fingerprint density at radius 1 is 1.00 bits per heavy atom. The van der Waals surface area contributed by atoms with E-state index in [9.17, 15) is 18.4 Å². The van der Waals surface area contributed by atoms with Crippen LogP contribution in [0.15, 0.2) is 42.5 Å². The van der Waals surface area contributed by atoms with Gasteiger partial charge in [-0.1, -0.05) is 12.1 Å². The van der Waals surface area contributed by atoms with Crippen LogP contribution in [-0.4, -0.2) is 17.0 Å². The SMILES string of the molecule is O=C(Cc1ccc(O)cc1)NNC(=O)Nc1ccc(F)cc1F. The van der Waals surface area contributed by atoms with Gasteiger partial charge in [0.1, 0.15) is 17.4 Å². The van der Waals surface area contributed by atoms with Gasteiger partial charge < -0.3 is 10.4 Å². The van der Waals surface area contributed by atoms with Gasteiger partial charge in [-0.05, 0) is 29.8 Å². The number of anilines is 1. The summed E-state index contributed by atoms with van der Waals surface area (Å²) in [4.78, 5) is 23.1. The summed E-state index contributed by atoms with van der Waals surface area (Å²) in [7, 11) is 0. The third-order valence-corrected chi connectivity index (χ3v) is 2.80. The minimum Gasteiger partial charge on any atom is -0.508 e. The van der Waals surface area contributed by atoms with Crippen molar-refractivity contribution in [1.82, 2.24) is 10.9 Å². The van der Waals surface area contributed by atoms with Gasteiger partial charge in [0.2, 0.25) is 5.91 Å². The minimum absolute atomic E-state index is 0.0224. The number of aromatic hydroxyl groups is 1. The lowest BCUT2D eigenvalue weighted by molar-refractivity contribution is -0.121. The third kappa shape index (κ3) is 4.95.